The van der Waals surface area contributed by atoms with Gasteiger partial charge in [0.15, 0.2) is 5.69 Å². The van der Waals surface area contributed by atoms with E-state index in [0.29, 0.717) is 22.0 Å². The minimum atomic E-state index is -1.05. The summed E-state index contributed by atoms with van der Waals surface area (Å²) in [5.41, 5.74) is 1.62. The molecular weight excluding hydrogens is 438 g/mol. The van der Waals surface area contributed by atoms with Crippen molar-refractivity contribution in [2.75, 3.05) is 0 Å². The van der Waals surface area contributed by atoms with Crippen molar-refractivity contribution in [3.8, 4) is 0 Å². The molecule has 7 heteroatoms. The van der Waals surface area contributed by atoms with E-state index in [1.807, 2.05) is 24.3 Å². The van der Waals surface area contributed by atoms with Gasteiger partial charge in [-0.3, -0.25) is 4.68 Å². The highest BCUT2D eigenvalue weighted by Crippen LogP contribution is 2.25. The summed E-state index contributed by atoms with van der Waals surface area (Å²) in [5.74, 6) is -1.05. The first-order valence-corrected chi connectivity index (χ1v) is 8.12. The number of fused-ring (bicyclic) bond motifs is 1. The number of carbonyl (C=O) groups is 1. The van der Waals surface area contributed by atoms with Crippen LogP contribution in [0, 0.1) is 3.57 Å². The minimum Gasteiger partial charge on any atom is -0.476 e. The van der Waals surface area contributed by atoms with Crippen molar-refractivity contribution < 1.29 is 9.90 Å². The van der Waals surface area contributed by atoms with E-state index in [4.69, 9.17) is 23.2 Å². The topological polar surface area (TPSA) is 55.1 Å². The lowest BCUT2D eigenvalue weighted by molar-refractivity contribution is 0.0691. The van der Waals surface area contributed by atoms with Gasteiger partial charge in [0.05, 0.1) is 12.1 Å². The van der Waals surface area contributed by atoms with Crippen molar-refractivity contribution in [1.29, 1.82) is 0 Å². The van der Waals surface area contributed by atoms with Gasteiger partial charge < -0.3 is 5.11 Å². The third-order valence-corrected chi connectivity index (χ3v) is 4.51. The van der Waals surface area contributed by atoms with Crippen molar-refractivity contribution in [2.24, 2.45) is 0 Å². The van der Waals surface area contributed by atoms with Gasteiger partial charge in [0, 0.05) is 19.0 Å². The van der Waals surface area contributed by atoms with Gasteiger partial charge in [-0.05, 0) is 58.5 Å². The molecule has 0 aliphatic rings. The summed E-state index contributed by atoms with van der Waals surface area (Å²) < 4.78 is 2.60. The molecule has 3 rings (SSSR count). The van der Waals surface area contributed by atoms with Crippen LogP contribution in [0.1, 0.15) is 16.1 Å². The Balaban J connectivity index is 2.13. The molecule has 0 unspecified atom stereocenters. The van der Waals surface area contributed by atoms with Crippen LogP contribution < -0.4 is 0 Å². The van der Waals surface area contributed by atoms with E-state index in [-0.39, 0.29) is 5.69 Å². The van der Waals surface area contributed by atoms with Crippen LogP contribution in [0.3, 0.4) is 0 Å². The van der Waals surface area contributed by atoms with Crippen molar-refractivity contribution in [3.05, 3.63) is 61.3 Å². The summed E-state index contributed by atoms with van der Waals surface area (Å²) in [6.07, 6.45) is 0. The number of aromatic nitrogens is 2. The highest BCUT2D eigenvalue weighted by molar-refractivity contribution is 14.1. The van der Waals surface area contributed by atoms with E-state index < -0.39 is 5.97 Å². The first-order valence-electron chi connectivity index (χ1n) is 6.29. The average molecular weight is 447 g/mol. The van der Waals surface area contributed by atoms with Crippen LogP contribution in [0.4, 0.5) is 0 Å². The first kappa shape index (κ1) is 15.6. The zero-order valence-corrected chi connectivity index (χ0v) is 14.7. The molecule has 112 valence electrons. The van der Waals surface area contributed by atoms with Crippen molar-refractivity contribution in [3.63, 3.8) is 0 Å². The van der Waals surface area contributed by atoms with Crippen LogP contribution in [0.25, 0.3) is 10.9 Å². The molecule has 22 heavy (non-hydrogen) atoms. The Hall–Kier alpha value is -1.31. The van der Waals surface area contributed by atoms with Crippen LogP contribution in [-0.4, -0.2) is 20.9 Å². The lowest BCUT2D eigenvalue weighted by Gasteiger charge is -2.06. The fourth-order valence-electron chi connectivity index (χ4n) is 2.24. The largest absolute Gasteiger partial charge is 0.476 e. The fraction of sp³-hybridized carbons (Fsp3) is 0.0667. The average Bonchev–Trinajstić information content (AvgIpc) is 2.80. The maximum absolute atomic E-state index is 11.4. The molecule has 0 aliphatic heterocycles. The molecule has 0 radical (unpaired) electrons. The monoisotopic (exact) mass is 446 g/mol. The number of carboxylic acid groups (broad SMARTS) is 1. The predicted octanol–water partition coefficient (Wildman–Crippen LogP) is 4.69. The van der Waals surface area contributed by atoms with Crippen LogP contribution in [0.5, 0.6) is 0 Å². The summed E-state index contributed by atoms with van der Waals surface area (Å²) in [4.78, 5) is 11.4. The van der Waals surface area contributed by atoms with Gasteiger partial charge in [0.1, 0.15) is 0 Å². The molecule has 0 fully saturated rings. The molecule has 1 N–H and O–H groups in total. The maximum atomic E-state index is 11.4. The predicted molar refractivity (Wildman–Crippen MR) is 95.0 cm³/mol. The molecular formula is C15H9Cl2IN2O2. The number of benzene rings is 2. The molecule has 3 aromatic rings. The van der Waals surface area contributed by atoms with Gasteiger partial charge in [0.2, 0.25) is 0 Å². The van der Waals surface area contributed by atoms with E-state index in [2.05, 4.69) is 27.7 Å². The SMILES string of the molecule is O=C(O)c1nn(Cc2ccc(Cl)cc2Cl)c2ccc(I)cc12. The summed E-state index contributed by atoms with van der Waals surface area (Å²) in [7, 11) is 0. The second kappa shape index (κ2) is 6.06. The van der Waals surface area contributed by atoms with E-state index in [9.17, 15) is 9.90 Å². The molecule has 0 spiro atoms. The Bertz CT molecular complexity index is 893. The standard InChI is InChI=1S/C15H9Cl2IN2O2/c16-9-2-1-8(12(17)5-9)7-20-13-4-3-10(18)6-11(13)14(19-20)15(21)22/h1-6H,7H2,(H,21,22). The third-order valence-electron chi connectivity index (χ3n) is 3.25. The Morgan fingerprint density at radius 3 is 2.68 bits per heavy atom. The Morgan fingerprint density at radius 1 is 1.23 bits per heavy atom. The van der Waals surface area contributed by atoms with Crippen LogP contribution >= 0.6 is 45.8 Å². The third kappa shape index (κ3) is 2.93. The summed E-state index contributed by atoms with van der Waals surface area (Å²) in [5, 5.41) is 15.2. The smallest absolute Gasteiger partial charge is 0.357 e. The van der Waals surface area contributed by atoms with Crippen molar-refractivity contribution in [1.82, 2.24) is 9.78 Å². The van der Waals surface area contributed by atoms with Gasteiger partial charge in [-0.2, -0.15) is 5.10 Å². The second-order valence-corrected chi connectivity index (χ2v) is 6.80. The normalized spacial score (nSPS) is 11.0. The highest BCUT2D eigenvalue weighted by atomic mass is 127. The minimum absolute atomic E-state index is 0.0404. The number of aromatic carboxylic acids is 1. The summed E-state index contributed by atoms with van der Waals surface area (Å²) >= 11 is 14.2. The zero-order valence-electron chi connectivity index (χ0n) is 11.1. The first-order chi connectivity index (χ1) is 10.5. The van der Waals surface area contributed by atoms with Gasteiger partial charge in [0.25, 0.3) is 0 Å². The number of rotatable bonds is 3. The lowest BCUT2D eigenvalue weighted by Crippen LogP contribution is -2.05. The molecule has 2 aromatic carbocycles. The van der Waals surface area contributed by atoms with Gasteiger partial charge in [-0.1, -0.05) is 29.3 Å². The number of hydrogen-bond donors (Lipinski definition) is 1. The summed E-state index contributed by atoms with van der Waals surface area (Å²) in [6.45, 7) is 0.375. The quantitative estimate of drug-likeness (QED) is 0.593. The number of nitrogens with zero attached hydrogens (tertiary/aromatic N) is 2. The summed E-state index contributed by atoms with van der Waals surface area (Å²) in [6, 6.07) is 10.8. The van der Waals surface area contributed by atoms with Crippen LogP contribution in [0.2, 0.25) is 10.0 Å². The van der Waals surface area contributed by atoms with Crippen molar-refractivity contribution >= 4 is 62.7 Å². The maximum Gasteiger partial charge on any atom is 0.357 e. The molecule has 0 atom stereocenters. The van der Waals surface area contributed by atoms with E-state index in [1.54, 1.807) is 16.8 Å². The zero-order chi connectivity index (χ0) is 15.9. The molecule has 0 saturated carbocycles. The van der Waals surface area contributed by atoms with Crippen LogP contribution in [0.15, 0.2) is 36.4 Å². The Labute approximate surface area is 149 Å². The highest BCUT2D eigenvalue weighted by Gasteiger charge is 2.17. The Kier molecular flexibility index (Phi) is 4.29. The van der Waals surface area contributed by atoms with Gasteiger partial charge >= 0.3 is 5.97 Å². The van der Waals surface area contributed by atoms with Crippen molar-refractivity contribution in [2.45, 2.75) is 6.54 Å². The van der Waals surface area contributed by atoms with Crippen LogP contribution in [-0.2, 0) is 6.54 Å². The second-order valence-electron chi connectivity index (χ2n) is 4.71. The van der Waals surface area contributed by atoms with Gasteiger partial charge in [-0.25, -0.2) is 4.79 Å². The van der Waals surface area contributed by atoms with E-state index in [1.165, 1.54) is 0 Å². The molecule has 1 aromatic heterocycles. The number of halogens is 3. The molecule has 4 nitrogen and oxygen atoms in total. The van der Waals surface area contributed by atoms with Gasteiger partial charge in [-0.15, -0.1) is 0 Å². The lowest BCUT2D eigenvalue weighted by atomic mass is 10.2. The fourth-order valence-corrected chi connectivity index (χ4v) is 3.20. The van der Waals surface area contributed by atoms with E-state index in [0.717, 1.165) is 14.7 Å². The molecule has 1 heterocycles. The number of hydrogen-bond acceptors (Lipinski definition) is 2. The molecule has 0 aliphatic carbocycles. The number of carboxylic acids is 1. The molecule has 0 saturated heterocycles. The molecule has 0 bridgehead atoms. The van der Waals surface area contributed by atoms with E-state index >= 15 is 0 Å². The Morgan fingerprint density at radius 2 is 2.00 bits per heavy atom. The molecule has 0 amide bonds.